The van der Waals surface area contributed by atoms with Crippen LogP contribution in [0.3, 0.4) is 0 Å². The van der Waals surface area contributed by atoms with Gasteiger partial charge in [0.25, 0.3) is 0 Å². The summed E-state index contributed by atoms with van der Waals surface area (Å²) in [5.41, 5.74) is 0. The first-order chi connectivity index (χ1) is 14.5. The topological polar surface area (TPSA) is 120 Å². The van der Waals surface area contributed by atoms with Crippen LogP contribution in [0.4, 0.5) is 4.79 Å². The summed E-state index contributed by atoms with van der Waals surface area (Å²) in [4.78, 5) is 53.4. The number of nitrogens with one attached hydrogen (secondary N) is 3. The molecule has 0 radical (unpaired) electrons. The molecule has 2 heterocycles. The van der Waals surface area contributed by atoms with Crippen LogP contribution in [0.25, 0.3) is 0 Å². The molecule has 0 aromatic carbocycles. The zero-order valence-electron chi connectivity index (χ0n) is 17.7. The van der Waals surface area contributed by atoms with Gasteiger partial charge < -0.3 is 30.5 Å². The lowest BCUT2D eigenvalue weighted by Crippen LogP contribution is -2.65. The third-order valence-corrected chi connectivity index (χ3v) is 6.10. The molecule has 10 heteroatoms. The number of methoxy groups -OCH3 is 1. The fraction of sp³-hybridized carbons (Fsp3) is 0.800. The van der Waals surface area contributed by atoms with Gasteiger partial charge in [0.1, 0.15) is 18.7 Å². The molecule has 10 nitrogen and oxygen atoms in total. The van der Waals surface area contributed by atoms with E-state index < -0.39 is 18.0 Å². The van der Waals surface area contributed by atoms with Crippen molar-refractivity contribution in [1.82, 2.24) is 25.8 Å². The first-order valence-electron chi connectivity index (χ1n) is 10.9. The Kier molecular flexibility index (Phi) is 7.89. The fourth-order valence-electron chi connectivity index (χ4n) is 4.37. The van der Waals surface area contributed by atoms with E-state index in [1.807, 2.05) is 0 Å². The number of carbonyl (C=O) groups excluding carboxylic acids is 4. The fourth-order valence-corrected chi connectivity index (χ4v) is 4.37. The molecule has 2 aliphatic heterocycles. The Balaban J connectivity index is 1.68. The number of hydrogen-bond acceptors (Lipinski definition) is 5. The molecule has 1 aliphatic carbocycles. The van der Waals surface area contributed by atoms with Gasteiger partial charge in [0.05, 0.1) is 6.54 Å². The number of amides is 5. The quantitative estimate of drug-likeness (QED) is 0.555. The van der Waals surface area contributed by atoms with Crippen LogP contribution in [0, 0.1) is 0 Å². The van der Waals surface area contributed by atoms with E-state index in [0.717, 1.165) is 32.1 Å². The lowest BCUT2D eigenvalue weighted by Gasteiger charge is -2.41. The molecule has 2 atom stereocenters. The van der Waals surface area contributed by atoms with Gasteiger partial charge in [-0.25, -0.2) is 4.79 Å². The number of piperazine rings is 1. The number of hydrogen-bond donors (Lipinski definition) is 3. The third kappa shape index (κ3) is 5.62. The maximum Gasteiger partial charge on any atom is 0.318 e. The average molecular weight is 424 g/mol. The summed E-state index contributed by atoms with van der Waals surface area (Å²) < 4.78 is 4.93. The van der Waals surface area contributed by atoms with E-state index >= 15 is 0 Å². The van der Waals surface area contributed by atoms with Gasteiger partial charge in [0.2, 0.25) is 17.7 Å². The van der Waals surface area contributed by atoms with E-state index in [1.165, 1.54) is 18.4 Å². The number of nitrogens with zero attached hydrogens (tertiary/aromatic N) is 2. The first-order valence-corrected chi connectivity index (χ1v) is 10.9. The summed E-state index contributed by atoms with van der Waals surface area (Å²) in [6.07, 6.45) is 6.59. The molecule has 0 spiro atoms. The Morgan fingerprint density at radius 3 is 2.53 bits per heavy atom. The highest BCUT2D eigenvalue weighted by Crippen LogP contribution is 2.19. The van der Waals surface area contributed by atoms with E-state index in [1.54, 1.807) is 4.90 Å². The lowest BCUT2D eigenvalue weighted by atomic mass is 9.95. The maximum atomic E-state index is 13.1. The molecule has 30 heavy (non-hydrogen) atoms. The van der Waals surface area contributed by atoms with Crippen molar-refractivity contribution >= 4 is 23.8 Å². The van der Waals surface area contributed by atoms with Gasteiger partial charge in [0, 0.05) is 32.8 Å². The molecule has 0 bridgehead atoms. The summed E-state index contributed by atoms with van der Waals surface area (Å²) in [5.74, 6) is -0.847. The van der Waals surface area contributed by atoms with E-state index in [2.05, 4.69) is 16.0 Å². The molecule has 168 valence electrons. The Morgan fingerprint density at radius 1 is 1.07 bits per heavy atom. The van der Waals surface area contributed by atoms with Crippen LogP contribution >= 0.6 is 0 Å². The number of urea groups is 1. The van der Waals surface area contributed by atoms with Crippen molar-refractivity contribution in [1.29, 1.82) is 0 Å². The van der Waals surface area contributed by atoms with Crippen LogP contribution in [0.15, 0.2) is 0 Å². The molecule has 3 N–H and O–H groups in total. The molecule has 3 rings (SSSR count). The highest BCUT2D eigenvalue weighted by Gasteiger charge is 2.39. The van der Waals surface area contributed by atoms with Crippen molar-refractivity contribution in [3.8, 4) is 0 Å². The van der Waals surface area contributed by atoms with Gasteiger partial charge in [0.15, 0.2) is 0 Å². The average Bonchev–Trinajstić information content (AvgIpc) is 2.75. The van der Waals surface area contributed by atoms with Crippen LogP contribution in [0.5, 0.6) is 0 Å². The number of piperidine rings is 1. The first kappa shape index (κ1) is 22.3. The molecule has 5 amide bonds. The Hall–Kier alpha value is -2.36. The predicted octanol–water partition coefficient (Wildman–Crippen LogP) is -0.417. The second kappa shape index (κ2) is 10.6. The Bertz CT molecular complexity index is 651. The standard InChI is InChI=1S/C20H33N5O5/c1-30-13-17(26)24-10-11-25(20(29)22-14-6-3-2-4-7-14)16(12-24)19(28)23-15-8-5-9-21-18(15)27/h14-16H,2-13H2,1H3,(H,21,27)(H,22,29)(H,23,28)/t15-,16+/m0/s1. The molecule has 3 aliphatic rings. The Morgan fingerprint density at radius 2 is 1.83 bits per heavy atom. The van der Waals surface area contributed by atoms with E-state index in [-0.39, 0.29) is 43.6 Å². The van der Waals surface area contributed by atoms with Crippen LogP contribution < -0.4 is 16.0 Å². The van der Waals surface area contributed by atoms with Gasteiger partial charge in [-0.05, 0) is 25.7 Å². The van der Waals surface area contributed by atoms with Gasteiger partial charge in [-0.3, -0.25) is 14.4 Å². The summed E-state index contributed by atoms with van der Waals surface area (Å²) in [6, 6.07) is -1.63. The maximum absolute atomic E-state index is 13.1. The number of rotatable bonds is 5. The minimum absolute atomic E-state index is 0.0758. The van der Waals surface area contributed by atoms with Crippen molar-refractivity contribution in [2.75, 3.05) is 39.9 Å². The molecule has 0 aromatic heterocycles. The second-order valence-electron chi connectivity index (χ2n) is 8.26. The monoisotopic (exact) mass is 423 g/mol. The molecule has 0 aromatic rings. The molecule has 3 fully saturated rings. The van der Waals surface area contributed by atoms with Crippen molar-refractivity contribution < 1.29 is 23.9 Å². The van der Waals surface area contributed by atoms with Crippen LogP contribution in [0.2, 0.25) is 0 Å². The van der Waals surface area contributed by atoms with Crippen LogP contribution in [0.1, 0.15) is 44.9 Å². The van der Waals surface area contributed by atoms with Gasteiger partial charge in [-0.1, -0.05) is 19.3 Å². The second-order valence-corrected chi connectivity index (χ2v) is 8.26. The molecule has 0 unspecified atom stereocenters. The number of ether oxygens (including phenoxy) is 1. The predicted molar refractivity (Wildman–Crippen MR) is 109 cm³/mol. The molecular weight excluding hydrogens is 390 g/mol. The number of carbonyl (C=O) groups is 4. The molecule has 2 saturated heterocycles. The molecular formula is C20H33N5O5. The summed E-state index contributed by atoms with van der Waals surface area (Å²) in [6.45, 7) is 1.20. The zero-order chi connectivity index (χ0) is 21.5. The van der Waals surface area contributed by atoms with E-state index in [9.17, 15) is 19.2 Å². The van der Waals surface area contributed by atoms with Crippen molar-refractivity contribution in [3.63, 3.8) is 0 Å². The van der Waals surface area contributed by atoms with Crippen LogP contribution in [-0.2, 0) is 19.1 Å². The van der Waals surface area contributed by atoms with Crippen molar-refractivity contribution in [3.05, 3.63) is 0 Å². The van der Waals surface area contributed by atoms with Gasteiger partial charge in [-0.15, -0.1) is 0 Å². The van der Waals surface area contributed by atoms with Gasteiger partial charge >= 0.3 is 6.03 Å². The summed E-state index contributed by atoms with van der Waals surface area (Å²) in [7, 11) is 1.44. The third-order valence-electron chi connectivity index (χ3n) is 6.10. The largest absolute Gasteiger partial charge is 0.375 e. The van der Waals surface area contributed by atoms with Crippen LogP contribution in [-0.4, -0.2) is 91.6 Å². The highest BCUT2D eigenvalue weighted by molar-refractivity contribution is 5.93. The van der Waals surface area contributed by atoms with E-state index in [4.69, 9.17) is 4.74 Å². The zero-order valence-corrected chi connectivity index (χ0v) is 17.7. The highest BCUT2D eigenvalue weighted by atomic mass is 16.5. The summed E-state index contributed by atoms with van der Waals surface area (Å²) in [5, 5.41) is 8.58. The lowest BCUT2D eigenvalue weighted by molar-refractivity contribution is -0.141. The SMILES string of the molecule is COCC(=O)N1CCN(C(=O)NC2CCCCC2)[C@@H](C(=O)N[C@H]2CCCNC2=O)C1. The normalized spacial score (nSPS) is 25.4. The minimum Gasteiger partial charge on any atom is -0.375 e. The van der Waals surface area contributed by atoms with E-state index in [0.29, 0.717) is 19.5 Å². The smallest absolute Gasteiger partial charge is 0.318 e. The van der Waals surface area contributed by atoms with Crippen molar-refractivity contribution in [2.24, 2.45) is 0 Å². The van der Waals surface area contributed by atoms with Gasteiger partial charge in [-0.2, -0.15) is 0 Å². The Labute approximate surface area is 177 Å². The van der Waals surface area contributed by atoms with Crippen molar-refractivity contribution in [2.45, 2.75) is 63.1 Å². The summed E-state index contributed by atoms with van der Waals surface area (Å²) >= 11 is 0. The molecule has 1 saturated carbocycles. The minimum atomic E-state index is -0.849.